The van der Waals surface area contributed by atoms with Crippen LogP contribution in [0.15, 0.2) is 72.8 Å². The Labute approximate surface area is 148 Å². The van der Waals surface area contributed by atoms with Crippen LogP contribution in [0.5, 0.6) is 0 Å². The summed E-state index contributed by atoms with van der Waals surface area (Å²) in [5.74, 6) is 0.157. The van der Waals surface area contributed by atoms with Crippen molar-refractivity contribution in [2.24, 2.45) is 0 Å². The molecule has 3 nitrogen and oxygen atoms in total. The second-order valence-corrected chi connectivity index (χ2v) is 6.77. The Balaban J connectivity index is 1.40. The fraction of sp³-hybridized carbons (Fsp3) is 0.227. The van der Waals surface area contributed by atoms with Crippen molar-refractivity contribution in [3.8, 4) is 0 Å². The Kier molecular flexibility index (Phi) is 4.49. The van der Waals surface area contributed by atoms with Gasteiger partial charge in [0.1, 0.15) is 6.54 Å². The summed E-state index contributed by atoms with van der Waals surface area (Å²) in [4.78, 5) is 16.4. The quantitative estimate of drug-likeness (QED) is 0.783. The van der Waals surface area contributed by atoms with Gasteiger partial charge >= 0.3 is 0 Å². The van der Waals surface area contributed by atoms with Crippen molar-refractivity contribution in [2.45, 2.75) is 6.54 Å². The molecule has 4 rings (SSSR count). The lowest BCUT2D eigenvalue weighted by Gasteiger charge is -2.32. The molecule has 3 aromatic rings. The van der Waals surface area contributed by atoms with E-state index in [1.807, 2.05) is 35.2 Å². The molecule has 1 saturated heterocycles. The van der Waals surface area contributed by atoms with Gasteiger partial charge in [-0.25, -0.2) is 0 Å². The molecule has 25 heavy (non-hydrogen) atoms. The van der Waals surface area contributed by atoms with Gasteiger partial charge in [-0.1, -0.05) is 60.7 Å². The molecule has 1 aliphatic rings. The SMILES string of the molecule is O=C(c1ccc2ccccc2c1)N1CC[NH+](Cc2ccccc2)CC1. The van der Waals surface area contributed by atoms with E-state index < -0.39 is 0 Å². The molecular weight excluding hydrogens is 308 g/mol. The molecule has 0 saturated carbocycles. The third-order valence-corrected chi connectivity index (χ3v) is 5.05. The standard InChI is InChI=1S/C22H22N2O/c25-22(21-11-10-19-8-4-5-9-20(19)16-21)24-14-12-23(13-15-24)17-18-6-2-1-3-7-18/h1-11,16H,12-15,17H2/p+1. The number of hydrogen-bond acceptors (Lipinski definition) is 1. The summed E-state index contributed by atoms with van der Waals surface area (Å²) in [5.41, 5.74) is 2.16. The summed E-state index contributed by atoms with van der Waals surface area (Å²) in [5, 5.41) is 2.30. The van der Waals surface area contributed by atoms with Gasteiger partial charge in [-0.2, -0.15) is 0 Å². The van der Waals surface area contributed by atoms with Crippen molar-refractivity contribution < 1.29 is 9.69 Å². The summed E-state index contributed by atoms with van der Waals surface area (Å²) in [6.07, 6.45) is 0. The van der Waals surface area contributed by atoms with Gasteiger partial charge in [0.05, 0.1) is 26.2 Å². The number of carbonyl (C=O) groups is 1. The zero-order valence-electron chi connectivity index (χ0n) is 14.3. The van der Waals surface area contributed by atoms with Crippen molar-refractivity contribution >= 4 is 16.7 Å². The monoisotopic (exact) mass is 331 g/mol. The zero-order valence-corrected chi connectivity index (χ0v) is 14.3. The number of fused-ring (bicyclic) bond motifs is 1. The van der Waals surface area contributed by atoms with Gasteiger partial charge in [0.2, 0.25) is 0 Å². The number of piperazine rings is 1. The molecule has 126 valence electrons. The van der Waals surface area contributed by atoms with Crippen molar-refractivity contribution in [1.29, 1.82) is 0 Å². The molecular formula is C22H23N2O+. The van der Waals surface area contributed by atoms with Crippen molar-refractivity contribution in [3.63, 3.8) is 0 Å². The topological polar surface area (TPSA) is 24.8 Å². The fourth-order valence-corrected chi connectivity index (χ4v) is 3.59. The van der Waals surface area contributed by atoms with Crippen molar-refractivity contribution in [1.82, 2.24) is 4.90 Å². The summed E-state index contributed by atoms with van der Waals surface area (Å²) < 4.78 is 0. The molecule has 0 radical (unpaired) electrons. The third kappa shape index (κ3) is 3.57. The summed E-state index contributed by atoms with van der Waals surface area (Å²) in [6.45, 7) is 4.71. The van der Waals surface area contributed by atoms with E-state index in [1.54, 1.807) is 4.90 Å². The lowest BCUT2D eigenvalue weighted by atomic mass is 10.1. The highest BCUT2D eigenvalue weighted by atomic mass is 16.2. The molecule has 0 aliphatic carbocycles. The van der Waals surface area contributed by atoms with E-state index in [0.29, 0.717) is 0 Å². The van der Waals surface area contributed by atoms with Crippen LogP contribution in [-0.4, -0.2) is 37.0 Å². The minimum absolute atomic E-state index is 0.157. The van der Waals surface area contributed by atoms with E-state index in [0.717, 1.165) is 43.7 Å². The van der Waals surface area contributed by atoms with E-state index >= 15 is 0 Å². The molecule has 0 aromatic heterocycles. The highest BCUT2D eigenvalue weighted by Gasteiger charge is 2.24. The molecule has 0 unspecified atom stereocenters. The van der Waals surface area contributed by atoms with Gasteiger partial charge in [0.25, 0.3) is 5.91 Å². The maximum absolute atomic E-state index is 12.8. The largest absolute Gasteiger partial charge is 0.328 e. The molecule has 1 amide bonds. The normalized spacial score (nSPS) is 15.4. The average Bonchev–Trinajstić information content (AvgIpc) is 2.68. The molecule has 1 N–H and O–H groups in total. The first kappa shape index (κ1) is 15.9. The molecule has 0 bridgehead atoms. The second kappa shape index (κ2) is 7.08. The van der Waals surface area contributed by atoms with E-state index in [9.17, 15) is 4.79 Å². The average molecular weight is 331 g/mol. The fourth-order valence-electron chi connectivity index (χ4n) is 3.59. The number of quaternary nitrogens is 1. The maximum atomic E-state index is 12.8. The van der Waals surface area contributed by atoms with Gasteiger partial charge in [-0.3, -0.25) is 4.79 Å². The third-order valence-electron chi connectivity index (χ3n) is 5.05. The lowest BCUT2D eigenvalue weighted by Crippen LogP contribution is -3.13. The number of amides is 1. The Bertz CT molecular complexity index is 867. The molecule has 1 fully saturated rings. The van der Waals surface area contributed by atoms with Crippen LogP contribution in [0, 0.1) is 0 Å². The number of hydrogen-bond donors (Lipinski definition) is 1. The first-order chi connectivity index (χ1) is 12.3. The summed E-state index contributed by atoms with van der Waals surface area (Å²) in [7, 11) is 0. The second-order valence-electron chi connectivity index (χ2n) is 6.77. The summed E-state index contributed by atoms with van der Waals surface area (Å²) >= 11 is 0. The van der Waals surface area contributed by atoms with Crippen molar-refractivity contribution in [3.05, 3.63) is 83.9 Å². The van der Waals surface area contributed by atoms with Gasteiger partial charge in [0, 0.05) is 11.1 Å². The highest BCUT2D eigenvalue weighted by molar-refractivity contribution is 5.98. The molecule has 1 aliphatic heterocycles. The van der Waals surface area contributed by atoms with Crippen LogP contribution in [0.3, 0.4) is 0 Å². The van der Waals surface area contributed by atoms with E-state index in [-0.39, 0.29) is 5.91 Å². The Morgan fingerprint density at radius 1 is 0.840 bits per heavy atom. The zero-order chi connectivity index (χ0) is 17.1. The number of benzene rings is 3. The van der Waals surface area contributed by atoms with Gasteiger partial charge in [-0.05, 0) is 22.9 Å². The smallest absolute Gasteiger partial charge is 0.254 e. The predicted molar refractivity (Wildman–Crippen MR) is 101 cm³/mol. The molecule has 3 aromatic carbocycles. The molecule has 0 spiro atoms. The van der Waals surface area contributed by atoms with Gasteiger partial charge < -0.3 is 9.80 Å². The van der Waals surface area contributed by atoms with Gasteiger partial charge in [-0.15, -0.1) is 0 Å². The molecule has 1 heterocycles. The maximum Gasteiger partial charge on any atom is 0.254 e. The number of nitrogens with zero attached hydrogens (tertiary/aromatic N) is 1. The Morgan fingerprint density at radius 2 is 1.52 bits per heavy atom. The Hall–Kier alpha value is -2.65. The van der Waals surface area contributed by atoms with Crippen LogP contribution < -0.4 is 4.90 Å². The van der Waals surface area contributed by atoms with Crippen LogP contribution in [-0.2, 0) is 6.54 Å². The number of nitrogens with one attached hydrogen (secondary N) is 1. The predicted octanol–water partition coefficient (Wildman–Crippen LogP) is 2.38. The first-order valence-corrected chi connectivity index (χ1v) is 8.95. The summed E-state index contributed by atoms with van der Waals surface area (Å²) in [6, 6.07) is 24.8. The first-order valence-electron chi connectivity index (χ1n) is 8.95. The molecule has 0 atom stereocenters. The van der Waals surface area contributed by atoms with Gasteiger partial charge in [0.15, 0.2) is 0 Å². The van der Waals surface area contributed by atoms with Crippen LogP contribution in [0.4, 0.5) is 0 Å². The highest BCUT2D eigenvalue weighted by Crippen LogP contribution is 2.17. The van der Waals surface area contributed by atoms with E-state index in [4.69, 9.17) is 0 Å². The van der Waals surface area contributed by atoms with Crippen LogP contribution >= 0.6 is 0 Å². The lowest BCUT2D eigenvalue weighted by molar-refractivity contribution is -0.917. The molecule has 3 heteroatoms. The van der Waals surface area contributed by atoms with Crippen LogP contribution in [0.25, 0.3) is 10.8 Å². The minimum atomic E-state index is 0.157. The minimum Gasteiger partial charge on any atom is -0.328 e. The number of rotatable bonds is 3. The van der Waals surface area contributed by atoms with E-state index in [1.165, 1.54) is 10.9 Å². The Morgan fingerprint density at radius 3 is 2.28 bits per heavy atom. The van der Waals surface area contributed by atoms with Crippen LogP contribution in [0.1, 0.15) is 15.9 Å². The van der Waals surface area contributed by atoms with Crippen LogP contribution in [0.2, 0.25) is 0 Å². The van der Waals surface area contributed by atoms with E-state index in [2.05, 4.69) is 42.5 Å². The number of carbonyl (C=O) groups excluding carboxylic acids is 1. The van der Waals surface area contributed by atoms with Crippen molar-refractivity contribution in [2.75, 3.05) is 26.2 Å².